The van der Waals surface area contributed by atoms with Crippen LogP contribution in [-0.2, 0) is 19.1 Å². The molecule has 0 saturated carbocycles. The van der Waals surface area contributed by atoms with Gasteiger partial charge in [0, 0.05) is 38.9 Å². The molecule has 0 spiro atoms. The van der Waals surface area contributed by atoms with Crippen LogP contribution in [0.25, 0.3) is 5.76 Å². The van der Waals surface area contributed by atoms with E-state index >= 15 is 0 Å². The summed E-state index contributed by atoms with van der Waals surface area (Å²) in [5, 5.41) is 9.35. The highest BCUT2D eigenvalue weighted by Gasteiger charge is 2.15. The van der Waals surface area contributed by atoms with Crippen molar-refractivity contribution in [2.45, 2.75) is 25.9 Å². The highest BCUT2D eigenvalue weighted by Crippen LogP contribution is 2.27. The molecule has 1 atom stereocenters. The topological polar surface area (TPSA) is 57.2 Å². The zero-order chi connectivity index (χ0) is 20.2. The summed E-state index contributed by atoms with van der Waals surface area (Å²) in [6.07, 6.45) is 1.18. The molecule has 28 heavy (non-hydrogen) atoms. The van der Waals surface area contributed by atoms with Gasteiger partial charge >= 0.3 is 0 Å². The van der Waals surface area contributed by atoms with E-state index in [4.69, 9.17) is 19.1 Å². The van der Waals surface area contributed by atoms with Crippen molar-refractivity contribution in [1.82, 2.24) is 0 Å². The second-order valence-corrected chi connectivity index (χ2v) is 6.60. The minimum absolute atomic E-state index is 0.529. The van der Waals surface area contributed by atoms with Gasteiger partial charge in [0.2, 0.25) is 0 Å². The molecule has 0 saturated heterocycles. The van der Waals surface area contributed by atoms with Gasteiger partial charge in [0.25, 0.3) is 0 Å². The zero-order valence-corrected chi connectivity index (χ0v) is 16.7. The van der Waals surface area contributed by atoms with Crippen LogP contribution in [0, 0.1) is 6.92 Å². The lowest BCUT2D eigenvalue weighted by atomic mass is 9.99. The van der Waals surface area contributed by atoms with Gasteiger partial charge in [0.1, 0.15) is 11.9 Å². The molecule has 2 aromatic rings. The first-order valence-electron chi connectivity index (χ1n) is 9.51. The molecule has 0 heterocycles. The van der Waals surface area contributed by atoms with Crippen molar-refractivity contribution < 1.29 is 24.4 Å². The molecular formula is C23H30O5. The quantitative estimate of drug-likeness (QED) is 0.227. The van der Waals surface area contributed by atoms with E-state index in [1.807, 2.05) is 55.5 Å². The van der Waals surface area contributed by atoms with Crippen LogP contribution in [0.2, 0.25) is 0 Å². The van der Waals surface area contributed by atoms with Crippen molar-refractivity contribution in [2.24, 2.45) is 0 Å². The molecule has 0 radical (unpaired) electrons. The Bertz CT molecular complexity index is 694. The molecule has 0 fully saturated rings. The molecule has 0 aliphatic carbocycles. The van der Waals surface area contributed by atoms with Crippen molar-refractivity contribution in [3.63, 3.8) is 0 Å². The summed E-state index contributed by atoms with van der Waals surface area (Å²) in [7, 11) is 1.69. The number of rotatable bonds is 13. The lowest BCUT2D eigenvalue weighted by molar-refractivity contribution is -0.270. The van der Waals surface area contributed by atoms with Gasteiger partial charge in [0.05, 0.1) is 6.61 Å². The summed E-state index contributed by atoms with van der Waals surface area (Å²) < 4.78 is 16.2. The molecule has 0 amide bonds. The van der Waals surface area contributed by atoms with Gasteiger partial charge in [-0.25, -0.2) is 4.89 Å². The number of ether oxygens (including phenoxy) is 3. The largest absolute Gasteiger partial charge is 0.494 e. The fourth-order valence-electron chi connectivity index (χ4n) is 2.75. The Labute approximate surface area is 167 Å². The van der Waals surface area contributed by atoms with Crippen LogP contribution < -0.4 is 0 Å². The summed E-state index contributed by atoms with van der Waals surface area (Å²) in [5.74, 6) is 0.614. The molecule has 0 aliphatic heterocycles. The number of benzene rings is 2. The minimum atomic E-state index is -0.529. The molecule has 5 nitrogen and oxygen atoms in total. The predicted molar refractivity (Wildman–Crippen MR) is 110 cm³/mol. The van der Waals surface area contributed by atoms with E-state index in [2.05, 4.69) is 6.58 Å². The van der Waals surface area contributed by atoms with Gasteiger partial charge in [-0.3, -0.25) is 5.26 Å². The lowest BCUT2D eigenvalue weighted by Crippen LogP contribution is -2.05. The first-order valence-corrected chi connectivity index (χ1v) is 9.51. The van der Waals surface area contributed by atoms with E-state index in [1.54, 1.807) is 7.11 Å². The van der Waals surface area contributed by atoms with E-state index in [0.717, 1.165) is 41.7 Å². The van der Waals surface area contributed by atoms with Gasteiger partial charge in [-0.1, -0.05) is 60.7 Å². The maximum atomic E-state index is 9.35. The highest BCUT2D eigenvalue weighted by molar-refractivity contribution is 5.57. The fraction of sp³-hybridized carbons (Fsp3) is 0.391. The fourth-order valence-corrected chi connectivity index (χ4v) is 2.75. The third-order valence-corrected chi connectivity index (χ3v) is 4.37. The Morgan fingerprint density at radius 2 is 1.46 bits per heavy atom. The molecule has 1 unspecified atom stereocenters. The van der Waals surface area contributed by atoms with Crippen molar-refractivity contribution in [2.75, 3.05) is 33.5 Å². The van der Waals surface area contributed by atoms with Crippen molar-refractivity contribution >= 4 is 5.76 Å². The van der Waals surface area contributed by atoms with Gasteiger partial charge in [-0.2, -0.15) is 0 Å². The number of hydrogen-bond donors (Lipinski definition) is 1. The van der Waals surface area contributed by atoms with Crippen molar-refractivity contribution in [1.29, 1.82) is 0 Å². The van der Waals surface area contributed by atoms with Gasteiger partial charge in [-0.05, 0) is 24.5 Å². The Morgan fingerprint density at radius 3 is 2.04 bits per heavy atom. The summed E-state index contributed by atoms with van der Waals surface area (Å²) in [4.78, 5) is 4.71. The molecule has 0 bridgehead atoms. The second-order valence-electron chi connectivity index (χ2n) is 6.60. The van der Waals surface area contributed by atoms with Crippen LogP contribution in [0.5, 0.6) is 0 Å². The summed E-state index contributed by atoms with van der Waals surface area (Å²) in [6.45, 7) is 8.63. The van der Waals surface area contributed by atoms with Crippen LogP contribution in [0.3, 0.4) is 0 Å². The Balaban J connectivity index is 1.80. The average molecular weight is 386 g/mol. The van der Waals surface area contributed by atoms with E-state index in [9.17, 15) is 5.26 Å². The molecule has 5 heteroatoms. The van der Waals surface area contributed by atoms with E-state index in [0.29, 0.717) is 25.6 Å². The van der Waals surface area contributed by atoms with Crippen LogP contribution >= 0.6 is 0 Å². The lowest BCUT2D eigenvalue weighted by Gasteiger charge is -2.16. The average Bonchev–Trinajstić information content (AvgIpc) is 2.72. The normalized spacial score (nSPS) is 12.0. The van der Waals surface area contributed by atoms with Crippen LogP contribution in [0.15, 0.2) is 55.1 Å². The van der Waals surface area contributed by atoms with Gasteiger partial charge in [0.15, 0.2) is 0 Å². The summed E-state index contributed by atoms with van der Waals surface area (Å²) >= 11 is 0. The van der Waals surface area contributed by atoms with E-state index in [1.165, 1.54) is 0 Å². The molecular weight excluding hydrogens is 356 g/mol. The maximum Gasteiger partial charge on any atom is 0.143 e. The third kappa shape index (κ3) is 7.09. The Morgan fingerprint density at radius 1 is 0.893 bits per heavy atom. The summed E-state index contributed by atoms with van der Waals surface area (Å²) in [5.41, 5.74) is 3.80. The van der Waals surface area contributed by atoms with Crippen LogP contribution in [0.1, 0.15) is 41.2 Å². The second kappa shape index (κ2) is 12.3. The van der Waals surface area contributed by atoms with Gasteiger partial charge in [-0.15, -0.1) is 0 Å². The predicted octanol–water partition coefficient (Wildman–Crippen LogP) is 5.00. The molecule has 152 valence electrons. The number of methoxy groups -OCH3 is 1. The molecule has 2 rings (SSSR count). The monoisotopic (exact) mass is 386 g/mol. The van der Waals surface area contributed by atoms with E-state index < -0.39 is 6.10 Å². The van der Waals surface area contributed by atoms with Crippen LogP contribution in [-0.4, -0.2) is 38.8 Å². The Kier molecular flexibility index (Phi) is 9.72. The SMILES string of the molecule is C=C(OCCCOCCCOC)c1ccc(C(OO)c2ccc(C)cc2)cc1. The zero-order valence-electron chi connectivity index (χ0n) is 16.7. The van der Waals surface area contributed by atoms with Crippen molar-refractivity contribution in [3.8, 4) is 0 Å². The number of hydrogen-bond acceptors (Lipinski definition) is 5. The van der Waals surface area contributed by atoms with Gasteiger partial charge < -0.3 is 14.2 Å². The maximum absolute atomic E-state index is 9.35. The molecule has 1 N–H and O–H groups in total. The Hall–Kier alpha value is -2.18. The first-order chi connectivity index (χ1) is 13.7. The van der Waals surface area contributed by atoms with Crippen LogP contribution in [0.4, 0.5) is 0 Å². The third-order valence-electron chi connectivity index (χ3n) is 4.37. The molecule has 0 aliphatic rings. The van der Waals surface area contributed by atoms with Crippen molar-refractivity contribution in [3.05, 3.63) is 77.4 Å². The summed E-state index contributed by atoms with van der Waals surface area (Å²) in [6, 6.07) is 15.5. The minimum Gasteiger partial charge on any atom is -0.494 e. The highest BCUT2D eigenvalue weighted by atomic mass is 17.1. The molecule has 0 aromatic heterocycles. The number of aryl methyl sites for hydroxylation is 1. The molecule has 2 aromatic carbocycles. The first kappa shape index (κ1) is 22.1. The standard InChI is InChI=1S/C23H30O5/c1-18-6-8-21(9-7-18)23(28-24)22-12-10-20(11-13-22)19(2)27-17-5-16-26-15-4-14-25-3/h6-13,23-24H,2,4-5,14-17H2,1,3H3. The van der Waals surface area contributed by atoms with E-state index in [-0.39, 0.29) is 0 Å². The smallest absolute Gasteiger partial charge is 0.143 e.